The first-order chi connectivity index (χ1) is 14.6. The third kappa shape index (κ3) is 3.57. The van der Waals surface area contributed by atoms with Crippen LogP contribution in [-0.2, 0) is 11.2 Å². The molecule has 4 atom stereocenters. The SMILES string of the molecule is Cc1nc2cc(-c3ccc(C[C@@H](C#N)NC(=O)[C@H]4N[C@@H]5CC[C@H]4C5)cc3)ccc2o1. The summed E-state index contributed by atoms with van der Waals surface area (Å²) in [7, 11) is 0. The highest BCUT2D eigenvalue weighted by molar-refractivity contribution is 5.83. The molecular formula is C24H24N4O2. The van der Waals surface area contributed by atoms with Crippen molar-refractivity contribution < 1.29 is 9.21 Å². The lowest BCUT2D eigenvalue weighted by atomic mass is 9.98. The van der Waals surface area contributed by atoms with Crippen molar-refractivity contribution in [2.24, 2.45) is 5.92 Å². The van der Waals surface area contributed by atoms with E-state index in [0.717, 1.165) is 47.1 Å². The van der Waals surface area contributed by atoms with Crippen LogP contribution in [0.15, 0.2) is 46.9 Å². The molecule has 2 aromatic carbocycles. The summed E-state index contributed by atoms with van der Waals surface area (Å²) in [5.74, 6) is 1.03. The van der Waals surface area contributed by atoms with Gasteiger partial charge in [-0.15, -0.1) is 0 Å². The second-order valence-corrected chi connectivity index (χ2v) is 8.42. The minimum atomic E-state index is -0.529. The lowest BCUT2D eigenvalue weighted by molar-refractivity contribution is -0.124. The Morgan fingerprint density at radius 1 is 1.27 bits per heavy atom. The fraction of sp³-hybridized carbons (Fsp3) is 0.375. The van der Waals surface area contributed by atoms with Gasteiger partial charge in [0.1, 0.15) is 11.6 Å². The molecule has 2 bridgehead atoms. The highest BCUT2D eigenvalue weighted by Crippen LogP contribution is 2.35. The average molecular weight is 400 g/mol. The fourth-order valence-electron chi connectivity index (χ4n) is 4.83. The van der Waals surface area contributed by atoms with E-state index >= 15 is 0 Å². The molecule has 2 aliphatic rings. The van der Waals surface area contributed by atoms with Gasteiger partial charge in [-0.25, -0.2) is 4.98 Å². The first-order valence-corrected chi connectivity index (χ1v) is 10.5. The first kappa shape index (κ1) is 18.8. The number of benzene rings is 2. The van der Waals surface area contributed by atoms with Crippen LogP contribution in [0, 0.1) is 24.2 Å². The van der Waals surface area contributed by atoms with E-state index in [1.165, 1.54) is 0 Å². The third-order valence-electron chi connectivity index (χ3n) is 6.34. The highest BCUT2D eigenvalue weighted by Gasteiger charge is 2.43. The monoisotopic (exact) mass is 400 g/mol. The molecule has 6 nitrogen and oxygen atoms in total. The summed E-state index contributed by atoms with van der Waals surface area (Å²) < 4.78 is 5.54. The number of carbonyl (C=O) groups excluding carboxylic acids is 1. The van der Waals surface area contributed by atoms with E-state index in [1.54, 1.807) is 0 Å². The van der Waals surface area contributed by atoms with Crippen molar-refractivity contribution in [1.29, 1.82) is 5.26 Å². The number of carbonyl (C=O) groups is 1. The molecule has 0 radical (unpaired) electrons. The zero-order valence-corrected chi connectivity index (χ0v) is 16.9. The van der Waals surface area contributed by atoms with E-state index in [-0.39, 0.29) is 11.9 Å². The van der Waals surface area contributed by atoms with Crippen LogP contribution in [0.5, 0.6) is 0 Å². The molecule has 0 unspecified atom stereocenters. The van der Waals surface area contributed by atoms with Gasteiger partial charge in [0.15, 0.2) is 11.5 Å². The molecule has 30 heavy (non-hydrogen) atoms. The molecule has 1 saturated heterocycles. The second-order valence-electron chi connectivity index (χ2n) is 8.42. The molecule has 3 aromatic rings. The average Bonchev–Trinajstić information content (AvgIpc) is 3.48. The van der Waals surface area contributed by atoms with Crippen LogP contribution in [0.2, 0.25) is 0 Å². The molecule has 1 aliphatic heterocycles. The molecular weight excluding hydrogens is 376 g/mol. The van der Waals surface area contributed by atoms with Gasteiger partial charge < -0.3 is 15.1 Å². The molecule has 1 saturated carbocycles. The van der Waals surface area contributed by atoms with Crippen LogP contribution >= 0.6 is 0 Å². The largest absolute Gasteiger partial charge is 0.441 e. The molecule has 0 spiro atoms. The number of nitrogens with zero attached hydrogens (tertiary/aromatic N) is 2. The maximum atomic E-state index is 12.6. The van der Waals surface area contributed by atoms with Crippen molar-refractivity contribution in [3.63, 3.8) is 0 Å². The molecule has 1 aliphatic carbocycles. The Bertz CT molecular complexity index is 1130. The van der Waals surface area contributed by atoms with Crippen molar-refractivity contribution in [3.8, 4) is 17.2 Å². The van der Waals surface area contributed by atoms with Gasteiger partial charge in [0.05, 0.1) is 12.1 Å². The van der Waals surface area contributed by atoms with Crippen molar-refractivity contribution in [2.75, 3.05) is 0 Å². The predicted molar refractivity (Wildman–Crippen MR) is 113 cm³/mol. The van der Waals surface area contributed by atoms with Gasteiger partial charge >= 0.3 is 0 Å². The zero-order chi connectivity index (χ0) is 20.7. The zero-order valence-electron chi connectivity index (χ0n) is 16.9. The van der Waals surface area contributed by atoms with Gasteiger partial charge in [-0.05, 0) is 54.0 Å². The Labute approximate surface area is 175 Å². The number of hydrogen-bond acceptors (Lipinski definition) is 5. The van der Waals surface area contributed by atoms with Gasteiger partial charge in [-0.3, -0.25) is 4.79 Å². The van der Waals surface area contributed by atoms with E-state index < -0.39 is 6.04 Å². The number of nitrogens with one attached hydrogen (secondary N) is 2. The number of aryl methyl sites for hydroxylation is 1. The van der Waals surface area contributed by atoms with Crippen molar-refractivity contribution in [2.45, 2.75) is 50.7 Å². The van der Waals surface area contributed by atoms with Crippen LogP contribution in [0.1, 0.15) is 30.7 Å². The van der Waals surface area contributed by atoms with Crippen LogP contribution in [0.25, 0.3) is 22.2 Å². The van der Waals surface area contributed by atoms with Crippen LogP contribution in [-0.4, -0.2) is 29.0 Å². The lowest BCUT2D eigenvalue weighted by Crippen LogP contribution is -2.50. The van der Waals surface area contributed by atoms with E-state index in [1.807, 2.05) is 49.4 Å². The Kier molecular flexibility index (Phi) is 4.76. The third-order valence-corrected chi connectivity index (χ3v) is 6.34. The van der Waals surface area contributed by atoms with Gasteiger partial charge in [0, 0.05) is 19.4 Å². The molecule has 5 rings (SSSR count). The Morgan fingerprint density at radius 2 is 2.07 bits per heavy atom. The lowest BCUT2D eigenvalue weighted by Gasteiger charge is -2.23. The molecule has 1 amide bonds. The van der Waals surface area contributed by atoms with Gasteiger partial charge in [-0.1, -0.05) is 30.3 Å². The van der Waals surface area contributed by atoms with Crippen molar-refractivity contribution >= 4 is 17.0 Å². The fourth-order valence-corrected chi connectivity index (χ4v) is 4.83. The number of aromatic nitrogens is 1. The number of oxazole rings is 1. The Hall–Kier alpha value is -3.17. The Morgan fingerprint density at radius 3 is 2.77 bits per heavy atom. The molecule has 152 valence electrons. The number of hydrogen-bond donors (Lipinski definition) is 2. The van der Waals surface area contributed by atoms with Crippen LogP contribution in [0.3, 0.4) is 0 Å². The van der Waals surface area contributed by atoms with E-state index in [2.05, 4.69) is 21.7 Å². The minimum absolute atomic E-state index is 0.0402. The summed E-state index contributed by atoms with van der Waals surface area (Å²) in [6, 6.07) is 16.1. The number of amides is 1. The highest BCUT2D eigenvalue weighted by atomic mass is 16.3. The number of fused-ring (bicyclic) bond motifs is 3. The molecule has 2 N–H and O–H groups in total. The normalized spacial score (nSPS) is 23.4. The quantitative estimate of drug-likeness (QED) is 0.684. The van der Waals surface area contributed by atoms with Crippen molar-refractivity contribution in [1.82, 2.24) is 15.6 Å². The minimum Gasteiger partial charge on any atom is -0.441 e. The first-order valence-electron chi connectivity index (χ1n) is 10.5. The topological polar surface area (TPSA) is 91.0 Å². The van der Waals surface area contributed by atoms with Crippen LogP contribution < -0.4 is 10.6 Å². The van der Waals surface area contributed by atoms with E-state index in [0.29, 0.717) is 24.3 Å². The maximum absolute atomic E-state index is 12.6. The number of nitriles is 1. The number of piperidine rings is 1. The standard InChI is InChI=1S/C24H24N4O2/c1-14-26-21-12-17(7-9-22(21)30-14)16-4-2-15(3-5-16)10-20(13-25)28-24(29)23-18-6-8-19(11-18)27-23/h2-5,7,9,12,18-20,23,27H,6,8,10-11H2,1H3,(H,28,29)/t18-,19+,20-,23-/m0/s1. The summed E-state index contributed by atoms with van der Waals surface area (Å²) in [5.41, 5.74) is 4.78. The summed E-state index contributed by atoms with van der Waals surface area (Å²) in [5, 5.41) is 15.9. The van der Waals surface area contributed by atoms with E-state index in [9.17, 15) is 10.1 Å². The summed E-state index contributed by atoms with van der Waals surface area (Å²) in [4.78, 5) is 17.0. The number of rotatable bonds is 5. The predicted octanol–water partition coefficient (Wildman–Crippen LogP) is 3.49. The van der Waals surface area contributed by atoms with Crippen molar-refractivity contribution in [3.05, 3.63) is 53.9 Å². The van der Waals surface area contributed by atoms with E-state index in [4.69, 9.17) is 4.42 Å². The van der Waals surface area contributed by atoms with Gasteiger partial charge in [0.25, 0.3) is 0 Å². The molecule has 2 heterocycles. The maximum Gasteiger partial charge on any atom is 0.238 e. The Balaban J connectivity index is 1.25. The summed E-state index contributed by atoms with van der Waals surface area (Å²) in [6.45, 7) is 1.84. The van der Waals surface area contributed by atoms with Crippen LogP contribution in [0.4, 0.5) is 0 Å². The smallest absolute Gasteiger partial charge is 0.238 e. The molecule has 1 aromatic heterocycles. The second kappa shape index (κ2) is 7.58. The molecule has 2 fully saturated rings. The van der Waals surface area contributed by atoms with Gasteiger partial charge in [0.2, 0.25) is 5.91 Å². The summed E-state index contributed by atoms with van der Waals surface area (Å²) >= 11 is 0. The van der Waals surface area contributed by atoms with Gasteiger partial charge in [-0.2, -0.15) is 5.26 Å². The molecule has 6 heteroatoms. The summed E-state index contributed by atoms with van der Waals surface area (Å²) in [6.07, 6.45) is 3.83.